The van der Waals surface area contributed by atoms with Gasteiger partial charge in [-0.05, 0) is 35.9 Å². The largest absolute Gasteiger partial charge is 0.341 e. The van der Waals surface area contributed by atoms with Crippen molar-refractivity contribution >= 4 is 27.7 Å². The molecule has 0 unspecified atom stereocenters. The summed E-state index contributed by atoms with van der Waals surface area (Å²) in [6.07, 6.45) is 0.446. The van der Waals surface area contributed by atoms with Crippen LogP contribution in [-0.4, -0.2) is 61.5 Å². The lowest BCUT2D eigenvalue weighted by atomic mass is 10.0. The summed E-state index contributed by atoms with van der Waals surface area (Å²) in [4.78, 5) is 37.5. The Morgan fingerprint density at radius 2 is 1.88 bits per heavy atom. The number of hydrogen-bond acceptors (Lipinski definition) is 6. The number of H-pyrrole nitrogens is 2. The summed E-state index contributed by atoms with van der Waals surface area (Å²) in [6.45, 7) is 1.97. The molecule has 1 saturated heterocycles. The zero-order chi connectivity index (χ0) is 27.6. The SMILES string of the molecule is N#CC[C@@H]1CN(Cc2nc3ccccc3[nH]2)CCN1C(=O)c1cc(Cc2n[nH]c(=O)c3ccccc23)ccc1F. The third kappa shape index (κ3) is 4.95. The van der Waals surface area contributed by atoms with E-state index in [-0.39, 0.29) is 23.6 Å². The van der Waals surface area contributed by atoms with Gasteiger partial charge >= 0.3 is 0 Å². The average Bonchev–Trinajstić information content (AvgIpc) is 3.38. The second kappa shape index (κ2) is 10.7. The summed E-state index contributed by atoms with van der Waals surface area (Å²) in [5.74, 6) is -0.241. The van der Waals surface area contributed by atoms with E-state index in [1.165, 1.54) is 6.07 Å². The quantitative estimate of drug-likeness (QED) is 0.341. The van der Waals surface area contributed by atoms with E-state index >= 15 is 0 Å². The van der Waals surface area contributed by atoms with Crippen LogP contribution in [0.2, 0.25) is 0 Å². The van der Waals surface area contributed by atoms with Crippen LogP contribution in [0.5, 0.6) is 0 Å². The lowest BCUT2D eigenvalue weighted by Gasteiger charge is -2.40. The van der Waals surface area contributed by atoms with Crippen molar-refractivity contribution < 1.29 is 9.18 Å². The normalized spacial score (nSPS) is 15.9. The molecule has 3 heterocycles. The zero-order valence-electron chi connectivity index (χ0n) is 21.6. The highest BCUT2D eigenvalue weighted by molar-refractivity contribution is 5.95. The number of imidazole rings is 1. The highest BCUT2D eigenvalue weighted by atomic mass is 19.1. The maximum atomic E-state index is 15.0. The second-order valence-electron chi connectivity index (χ2n) is 9.99. The fourth-order valence-electron chi connectivity index (χ4n) is 5.40. The fourth-order valence-corrected chi connectivity index (χ4v) is 5.40. The first-order valence-electron chi connectivity index (χ1n) is 13.1. The Morgan fingerprint density at radius 1 is 1.07 bits per heavy atom. The number of aromatic nitrogens is 4. The minimum atomic E-state index is -0.617. The molecule has 1 atom stereocenters. The number of carbonyl (C=O) groups excluding carboxylic acids is 1. The summed E-state index contributed by atoms with van der Waals surface area (Å²) in [6, 6.07) is 21.2. The standard InChI is InChI=1S/C30H26FN7O2/c31-24-10-9-19(16-27-21-5-1-2-6-22(21)29(39)36-35-27)15-23(24)30(40)38-14-13-37(17-20(38)11-12-32)18-28-33-25-7-3-4-8-26(25)34-28/h1-10,15,20H,11,13-14,16-18H2,(H,33,34)(H,36,39)/t20-/m1/s1. The zero-order valence-corrected chi connectivity index (χ0v) is 21.6. The van der Waals surface area contributed by atoms with Crippen LogP contribution in [0.25, 0.3) is 21.8 Å². The number of piperazine rings is 1. The minimum Gasteiger partial charge on any atom is -0.341 e. The topological polar surface area (TPSA) is 122 Å². The van der Waals surface area contributed by atoms with Crippen molar-refractivity contribution in [2.45, 2.75) is 25.4 Å². The molecule has 0 bridgehead atoms. The fraction of sp³-hybridized carbons (Fsp3) is 0.233. The number of hydrogen-bond donors (Lipinski definition) is 2. The van der Waals surface area contributed by atoms with Gasteiger partial charge in [0, 0.05) is 31.4 Å². The average molecular weight is 536 g/mol. The number of benzene rings is 3. The Morgan fingerprint density at radius 3 is 2.70 bits per heavy atom. The molecule has 6 rings (SSSR count). The number of para-hydroxylation sites is 2. The van der Waals surface area contributed by atoms with Crippen molar-refractivity contribution in [3.63, 3.8) is 0 Å². The number of amides is 1. The Bertz CT molecular complexity index is 1790. The molecule has 2 aromatic heterocycles. The van der Waals surface area contributed by atoms with Crippen LogP contribution in [0, 0.1) is 17.1 Å². The van der Waals surface area contributed by atoms with Gasteiger partial charge in [0.1, 0.15) is 11.6 Å². The lowest BCUT2D eigenvalue weighted by molar-refractivity contribution is 0.0439. The Labute approximate surface area is 228 Å². The molecule has 0 spiro atoms. The Kier molecular flexibility index (Phi) is 6.80. The summed E-state index contributed by atoms with van der Waals surface area (Å²) in [5.41, 5.74) is 2.84. The highest BCUT2D eigenvalue weighted by Crippen LogP contribution is 2.23. The van der Waals surface area contributed by atoms with E-state index in [1.807, 2.05) is 36.4 Å². The summed E-state index contributed by atoms with van der Waals surface area (Å²) in [5, 5.41) is 17.4. The molecule has 1 fully saturated rings. The van der Waals surface area contributed by atoms with Gasteiger partial charge in [-0.15, -0.1) is 0 Å². The van der Waals surface area contributed by atoms with Gasteiger partial charge in [-0.1, -0.05) is 36.4 Å². The molecular weight excluding hydrogens is 509 g/mol. The molecule has 2 N–H and O–H groups in total. The van der Waals surface area contributed by atoms with Crippen LogP contribution >= 0.6 is 0 Å². The predicted molar refractivity (Wildman–Crippen MR) is 148 cm³/mol. The first-order chi connectivity index (χ1) is 19.5. The third-order valence-electron chi connectivity index (χ3n) is 7.37. The highest BCUT2D eigenvalue weighted by Gasteiger charge is 2.32. The van der Waals surface area contributed by atoms with Crippen LogP contribution in [-0.2, 0) is 13.0 Å². The van der Waals surface area contributed by atoms with Crippen LogP contribution in [0.15, 0.2) is 71.5 Å². The van der Waals surface area contributed by atoms with Gasteiger partial charge in [0.2, 0.25) is 0 Å². The van der Waals surface area contributed by atoms with Crippen molar-refractivity contribution in [3.8, 4) is 6.07 Å². The van der Waals surface area contributed by atoms with E-state index in [0.29, 0.717) is 54.6 Å². The minimum absolute atomic E-state index is 0.0418. The van der Waals surface area contributed by atoms with Gasteiger partial charge in [0.15, 0.2) is 0 Å². The van der Waals surface area contributed by atoms with Crippen molar-refractivity contribution in [1.82, 2.24) is 30.0 Å². The molecular formula is C30H26FN7O2. The lowest BCUT2D eigenvalue weighted by Crippen LogP contribution is -2.55. The van der Waals surface area contributed by atoms with Crippen LogP contribution in [0.4, 0.5) is 4.39 Å². The van der Waals surface area contributed by atoms with E-state index < -0.39 is 11.7 Å². The molecule has 0 radical (unpaired) electrons. The summed E-state index contributed by atoms with van der Waals surface area (Å²) >= 11 is 0. The summed E-state index contributed by atoms with van der Waals surface area (Å²) < 4.78 is 15.0. The molecule has 0 aliphatic carbocycles. The molecule has 200 valence electrons. The number of fused-ring (bicyclic) bond motifs is 2. The predicted octanol–water partition coefficient (Wildman–Crippen LogP) is 3.77. The Hall–Kier alpha value is -4.88. The molecule has 5 aromatic rings. The van der Waals surface area contributed by atoms with Gasteiger partial charge in [-0.25, -0.2) is 14.5 Å². The summed E-state index contributed by atoms with van der Waals surface area (Å²) in [7, 11) is 0. The van der Waals surface area contributed by atoms with E-state index in [4.69, 9.17) is 0 Å². The monoisotopic (exact) mass is 535 g/mol. The maximum Gasteiger partial charge on any atom is 0.272 e. The smallest absolute Gasteiger partial charge is 0.272 e. The van der Waals surface area contributed by atoms with Crippen molar-refractivity contribution in [3.05, 3.63) is 106 Å². The van der Waals surface area contributed by atoms with Crippen LogP contribution in [0.1, 0.15) is 33.9 Å². The number of rotatable bonds is 6. The van der Waals surface area contributed by atoms with Crippen LogP contribution in [0.3, 0.4) is 0 Å². The van der Waals surface area contributed by atoms with Gasteiger partial charge in [0.25, 0.3) is 11.5 Å². The molecule has 3 aromatic carbocycles. The van der Waals surface area contributed by atoms with Gasteiger partial charge in [0.05, 0.1) is 52.8 Å². The maximum absolute atomic E-state index is 15.0. The Balaban J connectivity index is 1.21. The number of nitriles is 1. The van der Waals surface area contributed by atoms with E-state index in [2.05, 4.69) is 31.1 Å². The molecule has 9 nitrogen and oxygen atoms in total. The van der Waals surface area contributed by atoms with E-state index in [0.717, 1.165) is 16.9 Å². The number of nitrogens with zero attached hydrogens (tertiary/aromatic N) is 5. The molecule has 10 heteroatoms. The number of halogens is 1. The van der Waals surface area contributed by atoms with Crippen molar-refractivity contribution in [2.24, 2.45) is 0 Å². The second-order valence-corrected chi connectivity index (χ2v) is 9.99. The molecule has 40 heavy (non-hydrogen) atoms. The van der Waals surface area contributed by atoms with Crippen LogP contribution < -0.4 is 5.56 Å². The van der Waals surface area contributed by atoms with Gasteiger partial charge < -0.3 is 9.88 Å². The first-order valence-corrected chi connectivity index (χ1v) is 13.1. The molecule has 1 aliphatic rings. The van der Waals surface area contributed by atoms with Gasteiger partial charge in [-0.3, -0.25) is 14.5 Å². The molecule has 0 saturated carbocycles. The van der Waals surface area contributed by atoms with E-state index in [9.17, 15) is 19.2 Å². The van der Waals surface area contributed by atoms with Crippen molar-refractivity contribution in [2.75, 3.05) is 19.6 Å². The third-order valence-corrected chi connectivity index (χ3v) is 7.37. The van der Waals surface area contributed by atoms with Gasteiger partial charge in [-0.2, -0.15) is 10.4 Å². The first kappa shape index (κ1) is 25.4. The number of nitrogens with one attached hydrogen (secondary N) is 2. The molecule has 1 aliphatic heterocycles. The molecule has 1 amide bonds. The number of aromatic amines is 2. The number of carbonyl (C=O) groups is 1. The van der Waals surface area contributed by atoms with E-state index in [1.54, 1.807) is 29.2 Å². The van der Waals surface area contributed by atoms with Crippen molar-refractivity contribution in [1.29, 1.82) is 5.26 Å².